The maximum atomic E-state index is 11.2. The molecule has 2 aromatic rings. The van der Waals surface area contributed by atoms with E-state index in [1.54, 1.807) is 0 Å². The van der Waals surface area contributed by atoms with Crippen LogP contribution in [-0.4, -0.2) is 16.2 Å². The van der Waals surface area contributed by atoms with Crippen LogP contribution in [0.1, 0.15) is 34.3 Å². The van der Waals surface area contributed by atoms with Crippen LogP contribution in [-0.2, 0) is 12.8 Å². The third-order valence-corrected chi connectivity index (χ3v) is 2.58. The number of carboxylic acid groups (broad SMARTS) is 1. The quantitative estimate of drug-likeness (QED) is 0.878. The summed E-state index contributed by atoms with van der Waals surface area (Å²) in [5, 5.41) is 13.0. The van der Waals surface area contributed by atoms with Crippen LogP contribution in [0.4, 0.5) is 0 Å². The molecule has 0 unspecified atom stereocenters. The second-order valence-corrected chi connectivity index (χ2v) is 3.75. The van der Waals surface area contributed by atoms with E-state index in [4.69, 9.17) is 9.63 Å². The molecule has 1 N–H and O–H groups in total. The van der Waals surface area contributed by atoms with Gasteiger partial charge in [0.15, 0.2) is 5.76 Å². The van der Waals surface area contributed by atoms with Crippen molar-refractivity contribution in [2.45, 2.75) is 19.8 Å². The Bertz CT molecular complexity index is 517. The summed E-state index contributed by atoms with van der Waals surface area (Å²) in [6, 6.07) is 9.62. The highest BCUT2D eigenvalue weighted by Gasteiger charge is 2.20. The van der Waals surface area contributed by atoms with Gasteiger partial charge < -0.3 is 9.63 Å². The normalized spacial score (nSPS) is 10.4. The van der Waals surface area contributed by atoms with Gasteiger partial charge in [0.05, 0.1) is 0 Å². The first-order chi connectivity index (χ1) is 8.22. The standard InChI is InChI=1S/C13H13NO3/c1-2-11-12(13(15)16)10(14-17-11)8-9-6-4-3-5-7-9/h3-7H,2,8H2,1H3,(H,15,16). The van der Waals surface area contributed by atoms with Gasteiger partial charge in [-0.15, -0.1) is 0 Å². The van der Waals surface area contributed by atoms with Crippen molar-refractivity contribution in [3.05, 3.63) is 52.9 Å². The van der Waals surface area contributed by atoms with E-state index in [1.807, 2.05) is 37.3 Å². The molecule has 0 saturated heterocycles. The van der Waals surface area contributed by atoms with Crippen molar-refractivity contribution in [2.24, 2.45) is 0 Å². The topological polar surface area (TPSA) is 63.3 Å². The second kappa shape index (κ2) is 4.82. The molecule has 0 radical (unpaired) electrons. The lowest BCUT2D eigenvalue weighted by atomic mass is 10.0. The Labute approximate surface area is 98.9 Å². The maximum Gasteiger partial charge on any atom is 0.341 e. The molecule has 1 heterocycles. The minimum absolute atomic E-state index is 0.205. The van der Waals surface area contributed by atoms with Crippen LogP contribution < -0.4 is 0 Å². The van der Waals surface area contributed by atoms with Crippen LogP contribution in [0, 0.1) is 0 Å². The monoisotopic (exact) mass is 231 g/mol. The third-order valence-electron chi connectivity index (χ3n) is 2.58. The molecule has 0 spiro atoms. The van der Waals surface area contributed by atoms with Gasteiger partial charge in [-0.25, -0.2) is 4.79 Å². The van der Waals surface area contributed by atoms with Crippen LogP contribution in [0.2, 0.25) is 0 Å². The molecule has 0 bridgehead atoms. The van der Waals surface area contributed by atoms with Crippen molar-refractivity contribution in [3.8, 4) is 0 Å². The first-order valence-electron chi connectivity index (χ1n) is 5.47. The lowest BCUT2D eigenvalue weighted by molar-refractivity contribution is 0.0693. The van der Waals surface area contributed by atoms with E-state index in [0.29, 0.717) is 24.3 Å². The van der Waals surface area contributed by atoms with Gasteiger partial charge in [0.1, 0.15) is 11.3 Å². The van der Waals surface area contributed by atoms with Crippen molar-refractivity contribution >= 4 is 5.97 Å². The number of aryl methyl sites for hydroxylation is 1. The van der Waals surface area contributed by atoms with Crippen molar-refractivity contribution in [3.63, 3.8) is 0 Å². The summed E-state index contributed by atoms with van der Waals surface area (Å²) < 4.78 is 5.05. The minimum Gasteiger partial charge on any atom is -0.477 e. The summed E-state index contributed by atoms with van der Waals surface area (Å²) in [7, 11) is 0. The fourth-order valence-corrected chi connectivity index (χ4v) is 1.76. The zero-order valence-corrected chi connectivity index (χ0v) is 9.51. The zero-order valence-electron chi connectivity index (χ0n) is 9.51. The summed E-state index contributed by atoms with van der Waals surface area (Å²) in [6.45, 7) is 1.85. The molecular weight excluding hydrogens is 218 g/mol. The average molecular weight is 231 g/mol. The predicted octanol–water partition coefficient (Wildman–Crippen LogP) is 2.53. The van der Waals surface area contributed by atoms with Crippen molar-refractivity contribution in [2.75, 3.05) is 0 Å². The fourth-order valence-electron chi connectivity index (χ4n) is 1.76. The predicted molar refractivity (Wildman–Crippen MR) is 62.1 cm³/mol. The molecule has 17 heavy (non-hydrogen) atoms. The maximum absolute atomic E-state index is 11.2. The number of carbonyl (C=O) groups is 1. The summed E-state index contributed by atoms with van der Waals surface area (Å²) in [5.74, 6) is -0.544. The number of hydrogen-bond donors (Lipinski definition) is 1. The van der Waals surface area contributed by atoms with E-state index >= 15 is 0 Å². The van der Waals surface area contributed by atoms with Crippen LogP contribution in [0.15, 0.2) is 34.9 Å². The molecular formula is C13H13NO3. The van der Waals surface area contributed by atoms with Gasteiger partial charge in [-0.2, -0.15) is 0 Å². The molecule has 1 aromatic carbocycles. The van der Waals surface area contributed by atoms with E-state index in [9.17, 15) is 4.79 Å². The van der Waals surface area contributed by atoms with Gasteiger partial charge in [0, 0.05) is 12.8 Å². The average Bonchev–Trinajstić information content (AvgIpc) is 2.73. The molecule has 0 atom stereocenters. The Balaban J connectivity index is 2.33. The van der Waals surface area contributed by atoms with E-state index in [2.05, 4.69) is 5.16 Å². The first kappa shape index (κ1) is 11.4. The number of aromatic nitrogens is 1. The molecule has 4 nitrogen and oxygen atoms in total. The SMILES string of the molecule is CCc1onc(Cc2ccccc2)c1C(=O)O. The molecule has 0 fully saturated rings. The molecule has 1 aromatic heterocycles. The molecule has 88 valence electrons. The van der Waals surface area contributed by atoms with Crippen LogP contribution in [0.3, 0.4) is 0 Å². The zero-order chi connectivity index (χ0) is 12.3. The Morgan fingerprint density at radius 2 is 2.06 bits per heavy atom. The summed E-state index contributed by atoms with van der Waals surface area (Å²) in [6.07, 6.45) is 1.01. The third kappa shape index (κ3) is 2.36. The molecule has 2 rings (SSSR count). The summed E-state index contributed by atoms with van der Waals surface area (Å²) in [5.41, 5.74) is 1.71. The van der Waals surface area contributed by atoms with Crippen LogP contribution in [0.5, 0.6) is 0 Å². The Morgan fingerprint density at radius 3 is 2.65 bits per heavy atom. The molecule has 0 saturated carbocycles. The van der Waals surface area contributed by atoms with Gasteiger partial charge in [-0.1, -0.05) is 42.4 Å². The summed E-state index contributed by atoms with van der Waals surface area (Å²) >= 11 is 0. The van der Waals surface area contributed by atoms with Crippen molar-refractivity contribution in [1.29, 1.82) is 0 Å². The van der Waals surface area contributed by atoms with Gasteiger partial charge in [0.2, 0.25) is 0 Å². The number of aromatic carboxylic acids is 1. The highest BCUT2D eigenvalue weighted by Crippen LogP contribution is 2.18. The van der Waals surface area contributed by atoms with Gasteiger partial charge in [0.25, 0.3) is 0 Å². The number of hydrogen-bond acceptors (Lipinski definition) is 3. The van der Waals surface area contributed by atoms with Crippen molar-refractivity contribution < 1.29 is 14.4 Å². The molecule has 0 aliphatic rings. The number of rotatable bonds is 4. The number of carboxylic acids is 1. The Morgan fingerprint density at radius 1 is 1.35 bits per heavy atom. The van der Waals surface area contributed by atoms with Crippen LogP contribution in [0.25, 0.3) is 0 Å². The first-order valence-corrected chi connectivity index (χ1v) is 5.47. The lowest BCUT2D eigenvalue weighted by Gasteiger charge is -1.98. The summed E-state index contributed by atoms with van der Waals surface area (Å²) in [4.78, 5) is 11.2. The molecule has 0 amide bonds. The largest absolute Gasteiger partial charge is 0.477 e. The lowest BCUT2D eigenvalue weighted by Crippen LogP contribution is -2.03. The van der Waals surface area contributed by atoms with E-state index in [-0.39, 0.29) is 5.56 Å². The highest BCUT2D eigenvalue weighted by atomic mass is 16.5. The second-order valence-electron chi connectivity index (χ2n) is 3.75. The van der Waals surface area contributed by atoms with E-state index in [1.165, 1.54) is 0 Å². The van der Waals surface area contributed by atoms with Gasteiger partial charge in [-0.3, -0.25) is 0 Å². The molecule has 0 aliphatic carbocycles. The Kier molecular flexibility index (Phi) is 3.23. The van der Waals surface area contributed by atoms with Crippen LogP contribution >= 0.6 is 0 Å². The van der Waals surface area contributed by atoms with Crippen molar-refractivity contribution in [1.82, 2.24) is 5.16 Å². The fraction of sp³-hybridized carbons (Fsp3) is 0.231. The molecule has 4 heteroatoms. The minimum atomic E-state index is -0.978. The number of benzene rings is 1. The Hall–Kier alpha value is -2.10. The van der Waals surface area contributed by atoms with Gasteiger partial charge >= 0.3 is 5.97 Å². The van der Waals surface area contributed by atoms with E-state index in [0.717, 1.165) is 5.56 Å². The molecule has 0 aliphatic heterocycles. The smallest absolute Gasteiger partial charge is 0.341 e. The van der Waals surface area contributed by atoms with E-state index < -0.39 is 5.97 Å². The van der Waals surface area contributed by atoms with Gasteiger partial charge in [-0.05, 0) is 5.56 Å². The number of nitrogens with zero attached hydrogens (tertiary/aromatic N) is 1. The highest BCUT2D eigenvalue weighted by molar-refractivity contribution is 5.90.